The van der Waals surface area contributed by atoms with Crippen LogP contribution in [0.4, 0.5) is 10.1 Å². The minimum Gasteiger partial charge on any atom is -0.399 e. The number of anilines is 1. The predicted octanol–water partition coefficient (Wildman–Crippen LogP) is 3.12. The summed E-state index contributed by atoms with van der Waals surface area (Å²) in [7, 11) is 0. The topological polar surface area (TPSA) is 26.0 Å². The van der Waals surface area contributed by atoms with Gasteiger partial charge in [0.15, 0.2) is 0 Å². The van der Waals surface area contributed by atoms with Crippen molar-refractivity contribution in [3.8, 4) is 11.8 Å². The Morgan fingerprint density at radius 3 is 2.47 bits per heavy atom. The molecule has 0 saturated carbocycles. The van der Waals surface area contributed by atoms with Gasteiger partial charge in [-0.05, 0) is 48.9 Å². The van der Waals surface area contributed by atoms with E-state index in [9.17, 15) is 4.39 Å². The predicted molar refractivity (Wildman–Crippen MR) is 68.0 cm³/mol. The fourth-order valence-electron chi connectivity index (χ4n) is 1.57. The second-order valence-corrected chi connectivity index (χ2v) is 3.89. The van der Waals surface area contributed by atoms with Crippen LogP contribution in [0.1, 0.15) is 16.7 Å². The molecule has 2 aromatic rings. The zero-order chi connectivity index (χ0) is 12.3. The first kappa shape index (κ1) is 11.2. The number of nitrogens with two attached hydrogens (primary N) is 1. The molecule has 0 aromatic heterocycles. The average Bonchev–Trinajstić information content (AvgIpc) is 2.25. The van der Waals surface area contributed by atoms with Gasteiger partial charge in [-0.3, -0.25) is 0 Å². The third kappa shape index (κ3) is 3.09. The van der Waals surface area contributed by atoms with Crippen LogP contribution >= 0.6 is 0 Å². The second kappa shape index (κ2) is 4.71. The summed E-state index contributed by atoms with van der Waals surface area (Å²) >= 11 is 0. The van der Waals surface area contributed by atoms with E-state index >= 15 is 0 Å². The zero-order valence-electron chi connectivity index (χ0n) is 9.50. The van der Waals surface area contributed by atoms with E-state index in [1.807, 2.05) is 25.1 Å². The third-order valence-corrected chi connectivity index (χ3v) is 2.28. The summed E-state index contributed by atoms with van der Waals surface area (Å²) in [5, 5.41) is 0. The van der Waals surface area contributed by atoms with E-state index in [0.29, 0.717) is 11.3 Å². The first-order valence-electron chi connectivity index (χ1n) is 5.28. The molecule has 0 radical (unpaired) electrons. The number of halogens is 1. The van der Waals surface area contributed by atoms with Gasteiger partial charge in [-0.25, -0.2) is 4.39 Å². The Bertz CT molecular complexity index is 586. The Labute approximate surface area is 100 Å². The van der Waals surface area contributed by atoms with Crippen LogP contribution in [0, 0.1) is 24.6 Å². The number of nitrogen functional groups attached to an aromatic ring is 1. The zero-order valence-corrected chi connectivity index (χ0v) is 9.50. The number of aryl methyl sites for hydroxylation is 1. The highest BCUT2D eigenvalue weighted by Crippen LogP contribution is 2.08. The van der Waals surface area contributed by atoms with E-state index in [-0.39, 0.29) is 5.82 Å². The second-order valence-electron chi connectivity index (χ2n) is 3.89. The van der Waals surface area contributed by atoms with Gasteiger partial charge in [-0.1, -0.05) is 17.9 Å². The van der Waals surface area contributed by atoms with Crippen LogP contribution in [0.5, 0.6) is 0 Å². The molecule has 0 saturated heterocycles. The first-order valence-corrected chi connectivity index (χ1v) is 5.28. The molecule has 0 aliphatic heterocycles. The molecule has 2 aromatic carbocycles. The molecule has 84 valence electrons. The van der Waals surface area contributed by atoms with E-state index in [0.717, 1.165) is 11.1 Å². The highest BCUT2D eigenvalue weighted by molar-refractivity contribution is 5.49. The molecular weight excluding hydrogens is 213 g/mol. The Kier molecular flexibility index (Phi) is 3.11. The number of benzene rings is 2. The minimum atomic E-state index is -0.262. The molecule has 2 heteroatoms. The summed E-state index contributed by atoms with van der Waals surface area (Å²) in [5.41, 5.74) is 8.68. The number of rotatable bonds is 0. The summed E-state index contributed by atoms with van der Waals surface area (Å²) < 4.78 is 13.1. The lowest BCUT2D eigenvalue weighted by Crippen LogP contribution is -1.85. The fourth-order valence-corrected chi connectivity index (χ4v) is 1.57. The first-order chi connectivity index (χ1) is 8.13. The summed E-state index contributed by atoms with van der Waals surface area (Å²) in [5.74, 6) is 5.62. The lowest BCUT2D eigenvalue weighted by atomic mass is 10.1. The third-order valence-electron chi connectivity index (χ3n) is 2.28. The summed E-state index contributed by atoms with van der Waals surface area (Å²) in [4.78, 5) is 0. The maximum absolute atomic E-state index is 13.1. The molecule has 0 amide bonds. The van der Waals surface area contributed by atoms with Crippen LogP contribution in [0.15, 0.2) is 42.5 Å². The van der Waals surface area contributed by atoms with Crippen molar-refractivity contribution in [2.75, 3.05) is 5.73 Å². The van der Waals surface area contributed by atoms with Crippen molar-refractivity contribution in [3.63, 3.8) is 0 Å². The van der Waals surface area contributed by atoms with Gasteiger partial charge in [0.25, 0.3) is 0 Å². The lowest BCUT2D eigenvalue weighted by Gasteiger charge is -1.96. The molecule has 1 nitrogen and oxygen atoms in total. The average molecular weight is 225 g/mol. The van der Waals surface area contributed by atoms with Crippen LogP contribution < -0.4 is 5.73 Å². The molecule has 0 fully saturated rings. The summed E-state index contributed by atoms with van der Waals surface area (Å²) in [6.45, 7) is 1.84. The molecule has 2 N–H and O–H groups in total. The van der Waals surface area contributed by atoms with Crippen molar-refractivity contribution < 1.29 is 4.39 Å². The molecule has 0 heterocycles. The molecule has 0 spiro atoms. The normalized spacial score (nSPS) is 9.53. The van der Waals surface area contributed by atoms with Crippen molar-refractivity contribution in [1.29, 1.82) is 0 Å². The van der Waals surface area contributed by atoms with Crippen molar-refractivity contribution in [1.82, 2.24) is 0 Å². The van der Waals surface area contributed by atoms with Crippen molar-refractivity contribution in [2.45, 2.75) is 6.92 Å². The van der Waals surface area contributed by atoms with Crippen molar-refractivity contribution in [2.24, 2.45) is 0 Å². The van der Waals surface area contributed by atoms with Gasteiger partial charge < -0.3 is 5.73 Å². The Morgan fingerprint density at radius 2 is 1.76 bits per heavy atom. The number of hydrogen-bond acceptors (Lipinski definition) is 1. The van der Waals surface area contributed by atoms with Crippen LogP contribution in [-0.4, -0.2) is 0 Å². The van der Waals surface area contributed by atoms with Gasteiger partial charge in [-0.15, -0.1) is 0 Å². The van der Waals surface area contributed by atoms with Gasteiger partial charge in [-0.2, -0.15) is 0 Å². The standard InChI is InChI=1S/C15H12FN/c1-11-7-13(9-14(16)8-11)6-5-12-3-2-4-15(17)10-12/h2-4,7-10H,17H2,1H3. The molecule has 0 bridgehead atoms. The van der Waals surface area contributed by atoms with E-state index in [2.05, 4.69) is 11.8 Å². The molecular formula is C15H12FN. The van der Waals surface area contributed by atoms with Crippen LogP contribution in [-0.2, 0) is 0 Å². The SMILES string of the molecule is Cc1cc(F)cc(C#Cc2cccc(N)c2)c1. The summed E-state index contributed by atoms with van der Waals surface area (Å²) in [6, 6.07) is 12.1. The van der Waals surface area contributed by atoms with Crippen LogP contribution in [0.3, 0.4) is 0 Å². The van der Waals surface area contributed by atoms with Gasteiger partial charge in [0.05, 0.1) is 0 Å². The molecule has 0 aliphatic rings. The van der Waals surface area contributed by atoms with Crippen LogP contribution in [0.25, 0.3) is 0 Å². The highest BCUT2D eigenvalue weighted by atomic mass is 19.1. The molecule has 2 rings (SSSR count). The summed E-state index contributed by atoms with van der Waals surface area (Å²) in [6.07, 6.45) is 0. The van der Waals surface area contributed by atoms with Crippen LogP contribution in [0.2, 0.25) is 0 Å². The maximum Gasteiger partial charge on any atom is 0.124 e. The Morgan fingerprint density at radius 1 is 1.00 bits per heavy atom. The van der Waals surface area contributed by atoms with Gasteiger partial charge in [0.2, 0.25) is 0 Å². The molecule has 0 unspecified atom stereocenters. The van der Waals surface area contributed by atoms with E-state index < -0.39 is 0 Å². The van der Waals surface area contributed by atoms with Gasteiger partial charge in [0, 0.05) is 16.8 Å². The van der Waals surface area contributed by atoms with Crippen molar-refractivity contribution in [3.05, 3.63) is 65.0 Å². The smallest absolute Gasteiger partial charge is 0.124 e. The van der Waals surface area contributed by atoms with E-state index in [1.165, 1.54) is 12.1 Å². The molecule has 17 heavy (non-hydrogen) atoms. The number of hydrogen-bond donors (Lipinski definition) is 1. The fraction of sp³-hybridized carbons (Fsp3) is 0.0667. The van der Waals surface area contributed by atoms with Gasteiger partial charge in [0.1, 0.15) is 5.82 Å². The highest BCUT2D eigenvalue weighted by Gasteiger charge is 1.94. The molecule has 0 aliphatic carbocycles. The molecule has 0 atom stereocenters. The van der Waals surface area contributed by atoms with E-state index in [4.69, 9.17) is 5.73 Å². The minimum absolute atomic E-state index is 0.262. The maximum atomic E-state index is 13.1. The van der Waals surface area contributed by atoms with Gasteiger partial charge >= 0.3 is 0 Å². The van der Waals surface area contributed by atoms with Crippen molar-refractivity contribution >= 4 is 5.69 Å². The quantitative estimate of drug-likeness (QED) is 0.541. The monoisotopic (exact) mass is 225 g/mol. The lowest BCUT2D eigenvalue weighted by molar-refractivity contribution is 0.626. The Balaban J connectivity index is 2.32. The van der Waals surface area contributed by atoms with E-state index in [1.54, 1.807) is 12.1 Å². The largest absolute Gasteiger partial charge is 0.399 e. The Hall–Kier alpha value is -2.27.